The van der Waals surface area contributed by atoms with Gasteiger partial charge in [-0.1, -0.05) is 6.07 Å². The Labute approximate surface area is 137 Å². The average Bonchev–Trinajstić information content (AvgIpc) is 2.93. The van der Waals surface area contributed by atoms with Crippen LogP contribution in [0.5, 0.6) is 0 Å². The maximum atomic E-state index is 12.6. The van der Waals surface area contributed by atoms with E-state index in [0.717, 1.165) is 12.8 Å². The first-order valence-electron chi connectivity index (χ1n) is 8.11. The number of benzene rings is 1. The molecular weight excluding hydrogens is 314 g/mol. The summed E-state index contributed by atoms with van der Waals surface area (Å²) in [5.74, 6) is 0.650. The number of carbonyl (C=O) groups is 1. The highest BCUT2D eigenvalue weighted by Gasteiger charge is 2.29. The molecule has 0 aromatic heterocycles. The molecule has 2 fully saturated rings. The molecule has 1 aromatic rings. The Bertz CT molecular complexity index is 682. The van der Waals surface area contributed by atoms with Crippen LogP contribution >= 0.6 is 0 Å². The van der Waals surface area contributed by atoms with Crippen molar-refractivity contribution in [3.8, 4) is 0 Å². The number of nitrogens with two attached hydrogens (primary N) is 1. The molecule has 0 bridgehead atoms. The van der Waals surface area contributed by atoms with Gasteiger partial charge in [0.25, 0.3) is 5.91 Å². The molecule has 0 atom stereocenters. The molecule has 0 spiro atoms. The summed E-state index contributed by atoms with van der Waals surface area (Å²) in [7, 11) is -3.22. The molecule has 2 N–H and O–H groups in total. The number of carbonyl (C=O) groups excluding carboxylic acids is 1. The Balaban J connectivity index is 1.76. The molecule has 126 valence electrons. The van der Waals surface area contributed by atoms with E-state index in [4.69, 9.17) is 5.73 Å². The summed E-state index contributed by atoms with van der Waals surface area (Å²) in [6.07, 6.45) is 2.50. The maximum absolute atomic E-state index is 12.6. The van der Waals surface area contributed by atoms with Crippen LogP contribution in [-0.4, -0.2) is 51.2 Å². The number of sulfonamides is 1. The highest BCUT2D eigenvalue weighted by molar-refractivity contribution is 7.93. The zero-order valence-corrected chi connectivity index (χ0v) is 14.0. The molecule has 2 aliphatic heterocycles. The average molecular weight is 337 g/mol. The first-order chi connectivity index (χ1) is 11.0. The molecule has 0 radical (unpaired) electrons. The molecule has 3 rings (SSSR count). The van der Waals surface area contributed by atoms with Gasteiger partial charge in [-0.2, -0.15) is 0 Å². The van der Waals surface area contributed by atoms with E-state index >= 15 is 0 Å². The van der Waals surface area contributed by atoms with Gasteiger partial charge in [-0.25, -0.2) is 8.42 Å². The van der Waals surface area contributed by atoms with Crippen molar-refractivity contribution in [3.63, 3.8) is 0 Å². The van der Waals surface area contributed by atoms with Crippen LogP contribution in [0.1, 0.15) is 29.6 Å². The minimum Gasteiger partial charge on any atom is -0.339 e. The van der Waals surface area contributed by atoms with Crippen LogP contribution < -0.4 is 10.0 Å². The molecule has 2 aliphatic rings. The molecule has 1 amide bonds. The van der Waals surface area contributed by atoms with E-state index in [0.29, 0.717) is 49.8 Å². The van der Waals surface area contributed by atoms with Crippen molar-refractivity contribution >= 4 is 21.6 Å². The van der Waals surface area contributed by atoms with Gasteiger partial charge in [-0.05, 0) is 49.9 Å². The van der Waals surface area contributed by atoms with Crippen molar-refractivity contribution in [2.75, 3.05) is 36.2 Å². The lowest BCUT2D eigenvalue weighted by molar-refractivity contribution is 0.0693. The fourth-order valence-electron chi connectivity index (χ4n) is 3.28. The number of hydrogen-bond donors (Lipinski definition) is 1. The van der Waals surface area contributed by atoms with Gasteiger partial charge in [0.2, 0.25) is 10.0 Å². The van der Waals surface area contributed by atoms with Gasteiger partial charge in [0.15, 0.2) is 0 Å². The van der Waals surface area contributed by atoms with Crippen LogP contribution in [-0.2, 0) is 10.0 Å². The van der Waals surface area contributed by atoms with E-state index in [1.54, 1.807) is 24.3 Å². The highest BCUT2D eigenvalue weighted by atomic mass is 32.2. The first kappa shape index (κ1) is 16.3. The second-order valence-electron chi connectivity index (χ2n) is 6.26. The third-order valence-corrected chi connectivity index (χ3v) is 6.58. The lowest BCUT2D eigenvalue weighted by Gasteiger charge is -2.31. The number of piperidine rings is 1. The summed E-state index contributed by atoms with van der Waals surface area (Å²) < 4.78 is 25.5. The standard InChI is InChI=1S/C16H23N3O3S/c17-12-13-5-8-18(9-6-13)16(20)14-3-1-4-15(11-14)19-7-2-10-23(19,21)22/h1,3-4,11,13H,2,5-10,12,17H2. The van der Waals surface area contributed by atoms with E-state index in [9.17, 15) is 13.2 Å². The number of likely N-dealkylation sites (tertiary alicyclic amines) is 1. The predicted octanol–water partition coefficient (Wildman–Crippen LogP) is 1.04. The van der Waals surface area contributed by atoms with Crippen LogP contribution in [0, 0.1) is 5.92 Å². The van der Waals surface area contributed by atoms with Crippen LogP contribution in [0.4, 0.5) is 5.69 Å². The third kappa shape index (κ3) is 3.35. The number of amides is 1. The van der Waals surface area contributed by atoms with E-state index in [1.807, 2.05) is 4.90 Å². The smallest absolute Gasteiger partial charge is 0.253 e. The zero-order valence-electron chi connectivity index (χ0n) is 13.1. The molecule has 0 aliphatic carbocycles. The molecule has 2 saturated heterocycles. The van der Waals surface area contributed by atoms with Crippen LogP contribution in [0.25, 0.3) is 0 Å². The summed E-state index contributed by atoms with van der Waals surface area (Å²) >= 11 is 0. The minimum absolute atomic E-state index is 0.0288. The minimum atomic E-state index is -3.22. The molecule has 1 aromatic carbocycles. The molecule has 2 heterocycles. The quantitative estimate of drug-likeness (QED) is 0.893. The van der Waals surface area contributed by atoms with Gasteiger partial charge < -0.3 is 10.6 Å². The molecule has 7 heteroatoms. The second kappa shape index (κ2) is 6.49. The van der Waals surface area contributed by atoms with Crippen LogP contribution in [0.3, 0.4) is 0 Å². The summed E-state index contributed by atoms with van der Waals surface area (Å²) in [5.41, 5.74) is 6.82. The SMILES string of the molecule is NCC1CCN(C(=O)c2cccc(N3CCCS3(=O)=O)c2)CC1. The van der Waals surface area contributed by atoms with Crippen LogP contribution in [0.2, 0.25) is 0 Å². The molecular formula is C16H23N3O3S. The summed E-state index contributed by atoms with van der Waals surface area (Å²) in [6.45, 7) is 2.59. The number of nitrogens with zero attached hydrogens (tertiary/aromatic N) is 2. The Morgan fingerprint density at radius 1 is 1.22 bits per heavy atom. The second-order valence-corrected chi connectivity index (χ2v) is 8.28. The van der Waals surface area contributed by atoms with Crippen molar-refractivity contribution in [1.82, 2.24) is 4.90 Å². The molecule has 23 heavy (non-hydrogen) atoms. The van der Waals surface area contributed by atoms with Gasteiger partial charge in [0, 0.05) is 25.2 Å². The lowest BCUT2D eigenvalue weighted by Crippen LogP contribution is -2.40. The van der Waals surface area contributed by atoms with Gasteiger partial charge >= 0.3 is 0 Å². The maximum Gasteiger partial charge on any atom is 0.253 e. The van der Waals surface area contributed by atoms with E-state index in [1.165, 1.54) is 4.31 Å². The van der Waals surface area contributed by atoms with E-state index < -0.39 is 10.0 Å². The monoisotopic (exact) mass is 337 g/mol. The number of hydrogen-bond acceptors (Lipinski definition) is 4. The number of rotatable bonds is 3. The Kier molecular flexibility index (Phi) is 4.59. The predicted molar refractivity (Wildman–Crippen MR) is 89.9 cm³/mol. The van der Waals surface area contributed by atoms with Crippen molar-refractivity contribution in [3.05, 3.63) is 29.8 Å². The molecule has 6 nitrogen and oxygen atoms in total. The fraction of sp³-hybridized carbons (Fsp3) is 0.562. The zero-order chi connectivity index (χ0) is 16.4. The highest BCUT2D eigenvalue weighted by Crippen LogP contribution is 2.26. The third-order valence-electron chi connectivity index (χ3n) is 4.72. The van der Waals surface area contributed by atoms with E-state index in [-0.39, 0.29) is 11.7 Å². The molecule has 0 unspecified atom stereocenters. The molecule has 0 saturated carbocycles. The fourth-order valence-corrected chi connectivity index (χ4v) is 4.83. The van der Waals surface area contributed by atoms with Crippen molar-refractivity contribution in [2.45, 2.75) is 19.3 Å². The Morgan fingerprint density at radius 2 is 1.96 bits per heavy atom. The van der Waals surface area contributed by atoms with E-state index in [2.05, 4.69) is 0 Å². The van der Waals surface area contributed by atoms with Crippen LogP contribution in [0.15, 0.2) is 24.3 Å². The Morgan fingerprint density at radius 3 is 2.57 bits per heavy atom. The summed E-state index contributed by atoms with van der Waals surface area (Å²) in [6, 6.07) is 6.95. The first-order valence-corrected chi connectivity index (χ1v) is 9.72. The van der Waals surface area contributed by atoms with Gasteiger partial charge in [-0.3, -0.25) is 9.10 Å². The number of anilines is 1. The summed E-state index contributed by atoms with van der Waals surface area (Å²) in [5, 5.41) is 0. The topological polar surface area (TPSA) is 83.7 Å². The largest absolute Gasteiger partial charge is 0.339 e. The Hall–Kier alpha value is -1.60. The van der Waals surface area contributed by atoms with Crippen molar-refractivity contribution in [1.29, 1.82) is 0 Å². The normalized spacial score (nSPS) is 21.6. The van der Waals surface area contributed by atoms with Gasteiger partial charge in [0.05, 0.1) is 11.4 Å². The van der Waals surface area contributed by atoms with Crippen molar-refractivity contribution in [2.24, 2.45) is 11.7 Å². The summed E-state index contributed by atoms with van der Waals surface area (Å²) in [4.78, 5) is 14.5. The lowest BCUT2D eigenvalue weighted by atomic mass is 9.96. The van der Waals surface area contributed by atoms with Gasteiger partial charge in [0.1, 0.15) is 0 Å². The van der Waals surface area contributed by atoms with Gasteiger partial charge in [-0.15, -0.1) is 0 Å². The van der Waals surface area contributed by atoms with Crippen molar-refractivity contribution < 1.29 is 13.2 Å².